The Morgan fingerprint density at radius 2 is 2.05 bits per heavy atom. The van der Waals surface area contributed by atoms with E-state index in [0.717, 1.165) is 25.1 Å². The molecule has 0 aliphatic carbocycles. The molecule has 2 atom stereocenters. The minimum Gasteiger partial charge on any atom is -0.333 e. The number of hydrogen-bond donors (Lipinski definition) is 1. The highest BCUT2D eigenvalue weighted by Crippen LogP contribution is 2.19. The van der Waals surface area contributed by atoms with Crippen LogP contribution in [0.15, 0.2) is 24.3 Å². The van der Waals surface area contributed by atoms with E-state index in [2.05, 4.69) is 26.1 Å². The molecule has 1 aliphatic heterocycles. The second kappa shape index (κ2) is 6.59. The Kier molecular flexibility index (Phi) is 5.06. The summed E-state index contributed by atoms with van der Waals surface area (Å²) in [6.45, 7) is 8.15. The van der Waals surface area contributed by atoms with E-state index >= 15 is 0 Å². The van der Waals surface area contributed by atoms with Crippen LogP contribution in [0.4, 0.5) is 0 Å². The topological polar surface area (TPSA) is 32.3 Å². The Morgan fingerprint density at radius 3 is 2.65 bits per heavy atom. The molecule has 1 fully saturated rings. The molecule has 0 aromatic heterocycles. The normalized spacial score (nSPS) is 23.1. The van der Waals surface area contributed by atoms with E-state index in [1.807, 2.05) is 17.0 Å². The van der Waals surface area contributed by atoms with Gasteiger partial charge in [0.15, 0.2) is 0 Å². The van der Waals surface area contributed by atoms with Gasteiger partial charge in [0.1, 0.15) is 0 Å². The maximum Gasteiger partial charge on any atom is 0.254 e. The third-order valence-corrected chi connectivity index (χ3v) is 3.96. The van der Waals surface area contributed by atoms with Crippen molar-refractivity contribution < 1.29 is 4.79 Å². The van der Waals surface area contributed by atoms with Gasteiger partial charge in [-0.2, -0.15) is 0 Å². The van der Waals surface area contributed by atoms with Crippen LogP contribution < -0.4 is 5.32 Å². The van der Waals surface area contributed by atoms with Crippen molar-refractivity contribution in [2.75, 3.05) is 13.1 Å². The van der Waals surface area contributed by atoms with Crippen LogP contribution in [0.25, 0.3) is 0 Å². The Labute approximate surface area is 126 Å². The maximum absolute atomic E-state index is 12.7. The van der Waals surface area contributed by atoms with Crippen molar-refractivity contribution >= 4 is 17.5 Å². The molecule has 3 nitrogen and oxygen atoms in total. The third-order valence-electron chi connectivity index (χ3n) is 3.71. The molecule has 1 N–H and O–H groups in total. The van der Waals surface area contributed by atoms with Gasteiger partial charge in [0.05, 0.1) is 0 Å². The summed E-state index contributed by atoms with van der Waals surface area (Å²) in [4.78, 5) is 14.7. The molecule has 2 unspecified atom stereocenters. The molecule has 1 saturated heterocycles. The fourth-order valence-corrected chi connectivity index (χ4v) is 2.84. The number of carbonyl (C=O) groups excluding carboxylic acids is 1. The maximum atomic E-state index is 12.7. The SMILES string of the molecule is CC(C)CC1CNC(C)CN1C(=O)c1ccc(Cl)cc1. The zero-order chi connectivity index (χ0) is 14.7. The lowest BCUT2D eigenvalue weighted by Gasteiger charge is -2.40. The Bertz CT molecular complexity index is 458. The Hall–Kier alpha value is -1.06. The summed E-state index contributed by atoms with van der Waals surface area (Å²) in [7, 11) is 0. The Balaban J connectivity index is 2.16. The van der Waals surface area contributed by atoms with Crippen molar-refractivity contribution in [3.05, 3.63) is 34.9 Å². The summed E-state index contributed by atoms with van der Waals surface area (Å²) in [5.74, 6) is 0.691. The predicted octanol–water partition coefficient (Wildman–Crippen LogP) is 3.19. The minimum absolute atomic E-state index is 0.112. The van der Waals surface area contributed by atoms with E-state index in [1.165, 1.54) is 0 Å². The van der Waals surface area contributed by atoms with Crippen molar-refractivity contribution in [2.24, 2.45) is 5.92 Å². The number of halogens is 1. The average molecular weight is 295 g/mol. The van der Waals surface area contributed by atoms with Crippen molar-refractivity contribution in [1.29, 1.82) is 0 Å². The van der Waals surface area contributed by atoms with Crippen molar-refractivity contribution in [2.45, 2.75) is 39.3 Å². The lowest BCUT2D eigenvalue weighted by molar-refractivity contribution is 0.0563. The molecule has 4 heteroatoms. The van der Waals surface area contributed by atoms with Crippen molar-refractivity contribution in [1.82, 2.24) is 10.2 Å². The van der Waals surface area contributed by atoms with Gasteiger partial charge < -0.3 is 10.2 Å². The van der Waals surface area contributed by atoms with Gasteiger partial charge in [-0.3, -0.25) is 4.79 Å². The number of carbonyl (C=O) groups is 1. The number of piperazine rings is 1. The molecule has 0 bridgehead atoms. The zero-order valence-electron chi connectivity index (χ0n) is 12.4. The highest BCUT2D eigenvalue weighted by molar-refractivity contribution is 6.30. The largest absolute Gasteiger partial charge is 0.333 e. The van der Waals surface area contributed by atoms with Gasteiger partial charge in [-0.15, -0.1) is 0 Å². The predicted molar refractivity (Wildman–Crippen MR) is 83.2 cm³/mol. The summed E-state index contributed by atoms with van der Waals surface area (Å²) in [6.07, 6.45) is 1.03. The second-order valence-corrected chi connectivity index (χ2v) is 6.49. The van der Waals surface area contributed by atoms with Crippen LogP contribution in [-0.4, -0.2) is 36.0 Å². The fourth-order valence-electron chi connectivity index (χ4n) is 2.72. The summed E-state index contributed by atoms with van der Waals surface area (Å²) in [5, 5.41) is 4.13. The molecule has 0 saturated carbocycles. The van der Waals surface area contributed by atoms with Crippen molar-refractivity contribution in [3.8, 4) is 0 Å². The molecular formula is C16H23ClN2O. The van der Waals surface area contributed by atoms with Gasteiger partial charge in [-0.25, -0.2) is 0 Å². The van der Waals surface area contributed by atoms with E-state index in [9.17, 15) is 4.79 Å². The average Bonchev–Trinajstić information content (AvgIpc) is 2.40. The van der Waals surface area contributed by atoms with Gasteiger partial charge in [0.2, 0.25) is 0 Å². The van der Waals surface area contributed by atoms with E-state index in [0.29, 0.717) is 17.0 Å². The monoisotopic (exact) mass is 294 g/mol. The highest BCUT2D eigenvalue weighted by atomic mass is 35.5. The summed E-state index contributed by atoms with van der Waals surface area (Å²) < 4.78 is 0. The summed E-state index contributed by atoms with van der Waals surface area (Å²) in [5.41, 5.74) is 0.720. The first-order valence-corrected chi connectivity index (χ1v) is 7.65. The number of nitrogens with one attached hydrogen (secondary N) is 1. The van der Waals surface area contributed by atoms with Crippen LogP contribution in [-0.2, 0) is 0 Å². The standard InChI is InChI=1S/C16H23ClN2O/c1-11(2)8-15-9-18-12(3)10-19(15)16(20)13-4-6-14(17)7-5-13/h4-7,11-12,15,18H,8-10H2,1-3H3. The molecule has 1 aromatic rings. The van der Waals surface area contributed by atoms with Gasteiger partial charge in [-0.1, -0.05) is 25.4 Å². The molecular weight excluding hydrogens is 272 g/mol. The van der Waals surface area contributed by atoms with Gasteiger partial charge in [0, 0.05) is 35.8 Å². The van der Waals surface area contributed by atoms with Crippen LogP contribution in [0.5, 0.6) is 0 Å². The molecule has 1 amide bonds. The van der Waals surface area contributed by atoms with E-state index in [4.69, 9.17) is 11.6 Å². The van der Waals surface area contributed by atoms with Gasteiger partial charge in [0.25, 0.3) is 5.91 Å². The first-order chi connectivity index (χ1) is 9.47. The van der Waals surface area contributed by atoms with E-state index in [1.54, 1.807) is 12.1 Å². The summed E-state index contributed by atoms with van der Waals surface area (Å²) in [6, 6.07) is 7.78. The highest BCUT2D eigenvalue weighted by Gasteiger charge is 2.30. The number of hydrogen-bond acceptors (Lipinski definition) is 2. The molecule has 110 valence electrons. The molecule has 1 aliphatic rings. The molecule has 1 heterocycles. The van der Waals surface area contributed by atoms with Crippen molar-refractivity contribution in [3.63, 3.8) is 0 Å². The quantitative estimate of drug-likeness (QED) is 0.928. The van der Waals surface area contributed by atoms with Crippen LogP contribution in [0.1, 0.15) is 37.6 Å². The lowest BCUT2D eigenvalue weighted by Crippen LogP contribution is -2.57. The first-order valence-electron chi connectivity index (χ1n) is 7.27. The number of rotatable bonds is 3. The molecule has 1 aromatic carbocycles. The third kappa shape index (κ3) is 3.74. The fraction of sp³-hybridized carbons (Fsp3) is 0.562. The van der Waals surface area contributed by atoms with E-state index in [-0.39, 0.29) is 11.9 Å². The molecule has 0 spiro atoms. The number of amides is 1. The van der Waals surface area contributed by atoms with Gasteiger partial charge in [-0.05, 0) is 43.5 Å². The second-order valence-electron chi connectivity index (χ2n) is 6.06. The zero-order valence-corrected chi connectivity index (χ0v) is 13.2. The molecule has 2 rings (SSSR count). The number of benzene rings is 1. The van der Waals surface area contributed by atoms with Crippen LogP contribution in [0.3, 0.4) is 0 Å². The van der Waals surface area contributed by atoms with Crippen LogP contribution in [0.2, 0.25) is 5.02 Å². The van der Waals surface area contributed by atoms with E-state index < -0.39 is 0 Å². The smallest absolute Gasteiger partial charge is 0.254 e. The Morgan fingerprint density at radius 1 is 1.40 bits per heavy atom. The first kappa shape index (κ1) is 15.3. The molecule has 20 heavy (non-hydrogen) atoms. The number of nitrogens with zero attached hydrogens (tertiary/aromatic N) is 1. The van der Waals surface area contributed by atoms with Gasteiger partial charge >= 0.3 is 0 Å². The lowest BCUT2D eigenvalue weighted by atomic mass is 9.98. The summed E-state index contributed by atoms with van der Waals surface area (Å²) >= 11 is 5.89. The van der Waals surface area contributed by atoms with Crippen LogP contribution >= 0.6 is 11.6 Å². The van der Waals surface area contributed by atoms with Crippen LogP contribution in [0, 0.1) is 5.92 Å². The molecule has 0 radical (unpaired) electrons. The minimum atomic E-state index is 0.112.